The molecular formula is C16H23BrN2O3. The summed E-state index contributed by atoms with van der Waals surface area (Å²) in [6.45, 7) is 7.01. The number of hydrogen-bond acceptors (Lipinski definition) is 4. The van der Waals surface area contributed by atoms with Crippen LogP contribution in [0.1, 0.15) is 27.2 Å². The summed E-state index contributed by atoms with van der Waals surface area (Å²) in [6, 6.07) is 6.09. The molecule has 1 aromatic rings. The third-order valence-corrected chi connectivity index (χ3v) is 3.98. The lowest BCUT2D eigenvalue weighted by Crippen LogP contribution is -2.36. The number of ether oxygens (including phenoxy) is 2. The van der Waals surface area contributed by atoms with Gasteiger partial charge in [-0.25, -0.2) is 4.79 Å². The Kier molecular flexibility index (Phi) is 5.21. The molecule has 0 aliphatic carbocycles. The summed E-state index contributed by atoms with van der Waals surface area (Å²) in [5.41, 5.74) is 0.549. The van der Waals surface area contributed by atoms with Gasteiger partial charge in [-0.2, -0.15) is 0 Å². The van der Waals surface area contributed by atoms with Gasteiger partial charge in [0.15, 0.2) is 0 Å². The molecule has 1 saturated heterocycles. The molecule has 5 nitrogen and oxygen atoms in total. The van der Waals surface area contributed by atoms with Crippen LogP contribution >= 0.6 is 15.9 Å². The molecule has 0 aromatic heterocycles. The minimum Gasteiger partial charge on any atom is -0.496 e. The van der Waals surface area contributed by atoms with E-state index in [0.29, 0.717) is 13.1 Å². The van der Waals surface area contributed by atoms with Crippen LogP contribution in [0, 0.1) is 0 Å². The lowest BCUT2D eigenvalue weighted by molar-refractivity contribution is 0.0293. The van der Waals surface area contributed by atoms with Gasteiger partial charge in [0.2, 0.25) is 0 Å². The van der Waals surface area contributed by atoms with Crippen LogP contribution in [0.3, 0.4) is 0 Å². The summed E-state index contributed by atoms with van der Waals surface area (Å²) < 4.78 is 11.5. The molecule has 1 atom stereocenters. The van der Waals surface area contributed by atoms with Gasteiger partial charge in [0.25, 0.3) is 0 Å². The molecule has 0 bridgehead atoms. The predicted molar refractivity (Wildman–Crippen MR) is 90.5 cm³/mol. The highest BCUT2D eigenvalue weighted by Gasteiger charge is 2.29. The molecular weight excluding hydrogens is 348 g/mol. The maximum atomic E-state index is 12.0. The Bertz CT molecular complexity index is 543. The van der Waals surface area contributed by atoms with Gasteiger partial charge in [-0.15, -0.1) is 0 Å². The molecule has 0 spiro atoms. The largest absolute Gasteiger partial charge is 0.496 e. The van der Waals surface area contributed by atoms with Crippen LogP contribution in [0.15, 0.2) is 22.7 Å². The Hall–Kier alpha value is -1.43. The van der Waals surface area contributed by atoms with Gasteiger partial charge in [-0.05, 0) is 61.3 Å². The molecule has 1 aliphatic heterocycles. The summed E-state index contributed by atoms with van der Waals surface area (Å²) in [4.78, 5) is 13.8. The van der Waals surface area contributed by atoms with Crippen molar-refractivity contribution >= 4 is 27.7 Å². The number of anilines is 1. The monoisotopic (exact) mass is 370 g/mol. The van der Waals surface area contributed by atoms with Crippen molar-refractivity contribution in [3.05, 3.63) is 22.7 Å². The Morgan fingerprint density at radius 1 is 1.41 bits per heavy atom. The summed E-state index contributed by atoms with van der Waals surface area (Å²) in [6.07, 6.45) is 0.663. The average Bonchev–Trinajstić information content (AvgIpc) is 2.85. The summed E-state index contributed by atoms with van der Waals surface area (Å²) in [5, 5.41) is 3.45. The first-order chi connectivity index (χ1) is 10.3. The fourth-order valence-corrected chi connectivity index (χ4v) is 2.90. The quantitative estimate of drug-likeness (QED) is 0.876. The van der Waals surface area contributed by atoms with E-state index >= 15 is 0 Å². The SMILES string of the molecule is COc1ccc(NC2CCN(C(=O)OC(C)(C)C)C2)cc1Br. The molecule has 1 fully saturated rings. The predicted octanol–water partition coefficient (Wildman–Crippen LogP) is 3.88. The first-order valence-corrected chi connectivity index (χ1v) is 8.16. The minimum absolute atomic E-state index is 0.229. The number of rotatable bonds is 3. The molecule has 2 rings (SSSR count). The van der Waals surface area contributed by atoms with Crippen LogP contribution in [0.25, 0.3) is 0 Å². The van der Waals surface area contributed by atoms with Gasteiger partial charge in [0.05, 0.1) is 11.6 Å². The topological polar surface area (TPSA) is 50.8 Å². The molecule has 0 radical (unpaired) electrons. The molecule has 1 N–H and O–H groups in total. The maximum Gasteiger partial charge on any atom is 0.410 e. The number of methoxy groups -OCH3 is 1. The average molecular weight is 371 g/mol. The van der Waals surface area contributed by atoms with Crippen molar-refractivity contribution < 1.29 is 14.3 Å². The van der Waals surface area contributed by atoms with Crippen molar-refractivity contribution in [2.45, 2.75) is 38.8 Å². The zero-order valence-corrected chi connectivity index (χ0v) is 15.1. The van der Waals surface area contributed by atoms with Crippen LogP contribution in [-0.4, -0.2) is 42.8 Å². The normalized spacial score (nSPS) is 18.2. The van der Waals surface area contributed by atoms with Gasteiger partial charge in [-0.3, -0.25) is 0 Å². The van der Waals surface area contributed by atoms with E-state index in [1.54, 1.807) is 12.0 Å². The van der Waals surface area contributed by atoms with Crippen molar-refractivity contribution in [2.75, 3.05) is 25.5 Å². The van der Waals surface area contributed by atoms with E-state index in [0.717, 1.165) is 22.3 Å². The minimum atomic E-state index is -0.455. The van der Waals surface area contributed by atoms with E-state index in [-0.39, 0.29) is 12.1 Å². The van der Waals surface area contributed by atoms with Gasteiger partial charge in [0, 0.05) is 24.8 Å². The van der Waals surface area contributed by atoms with Crippen LogP contribution in [-0.2, 0) is 4.74 Å². The number of benzene rings is 1. The van der Waals surface area contributed by atoms with E-state index < -0.39 is 5.60 Å². The van der Waals surface area contributed by atoms with E-state index in [1.165, 1.54) is 0 Å². The molecule has 1 aromatic carbocycles. The number of amides is 1. The van der Waals surface area contributed by atoms with Crippen LogP contribution in [0.4, 0.5) is 10.5 Å². The number of likely N-dealkylation sites (tertiary alicyclic amines) is 1. The van der Waals surface area contributed by atoms with Crippen molar-refractivity contribution in [2.24, 2.45) is 0 Å². The Labute approximate surface area is 140 Å². The lowest BCUT2D eigenvalue weighted by Gasteiger charge is -2.24. The van der Waals surface area contributed by atoms with Gasteiger partial charge < -0.3 is 19.7 Å². The Morgan fingerprint density at radius 3 is 2.73 bits per heavy atom. The molecule has 1 aliphatic rings. The van der Waals surface area contributed by atoms with E-state index in [2.05, 4.69) is 21.2 Å². The number of carbonyl (C=O) groups excluding carboxylic acids is 1. The second-order valence-electron chi connectivity index (χ2n) is 6.41. The van der Waals surface area contributed by atoms with Crippen molar-refractivity contribution in [3.63, 3.8) is 0 Å². The van der Waals surface area contributed by atoms with Crippen LogP contribution in [0.5, 0.6) is 5.75 Å². The van der Waals surface area contributed by atoms with E-state index in [4.69, 9.17) is 9.47 Å². The van der Waals surface area contributed by atoms with Crippen molar-refractivity contribution in [3.8, 4) is 5.75 Å². The third-order valence-electron chi connectivity index (χ3n) is 3.36. The zero-order valence-electron chi connectivity index (χ0n) is 13.5. The highest BCUT2D eigenvalue weighted by molar-refractivity contribution is 9.10. The zero-order chi connectivity index (χ0) is 16.3. The third kappa shape index (κ3) is 4.53. The second-order valence-corrected chi connectivity index (χ2v) is 7.26. The maximum absolute atomic E-state index is 12.0. The standard InChI is InChI=1S/C16H23BrN2O3/c1-16(2,3)22-15(20)19-8-7-12(10-19)18-11-5-6-14(21-4)13(17)9-11/h5-6,9,12,18H,7-8,10H2,1-4H3. The molecule has 6 heteroatoms. The summed E-state index contributed by atoms with van der Waals surface area (Å²) >= 11 is 3.48. The summed E-state index contributed by atoms with van der Waals surface area (Å²) in [7, 11) is 1.64. The van der Waals surface area contributed by atoms with Gasteiger partial charge in [0.1, 0.15) is 11.4 Å². The number of hydrogen-bond donors (Lipinski definition) is 1. The highest BCUT2D eigenvalue weighted by atomic mass is 79.9. The molecule has 122 valence electrons. The second kappa shape index (κ2) is 6.77. The highest BCUT2D eigenvalue weighted by Crippen LogP contribution is 2.28. The van der Waals surface area contributed by atoms with E-state index in [9.17, 15) is 4.79 Å². The van der Waals surface area contributed by atoms with Gasteiger partial charge >= 0.3 is 6.09 Å². The van der Waals surface area contributed by atoms with Gasteiger partial charge in [-0.1, -0.05) is 0 Å². The van der Waals surface area contributed by atoms with Crippen LogP contribution < -0.4 is 10.1 Å². The fraction of sp³-hybridized carbons (Fsp3) is 0.562. The Balaban J connectivity index is 1.91. The molecule has 1 amide bonds. The fourth-order valence-electron chi connectivity index (χ4n) is 2.36. The smallest absolute Gasteiger partial charge is 0.410 e. The molecule has 1 heterocycles. The summed E-state index contributed by atoms with van der Waals surface area (Å²) in [5.74, 6) is 0.798. The first kappa shape index (κ1) is 16.9. The first-order valence-electron chi connectivity index (χ1n) is 7.36. The molecule has 1 unspecified atom stereocenters. The lowest BCUT2D eigenvalue weighted by atomic mass is 10.2. The number of halogens is 1. The van der Waals surface area contributed by atoms with Crippen LogP contribution in [0.2, 0.25) is 0 Å². The van der Waals surface area contributed by atoms with Crippen molar-refractivity contribution in [1.29, 1.82) is 0 Å². The number of nitrogens with one attached hydrogen (secondary N) is 1. The molecule has 0 saturated carbocycles. The molecule has 22 heavy (non-hydrogen) atoms. The Morgan fingerprint density at radius 2 is 2.14 bits per heavy atom. The number of nitrogens with zero attached hydrogens (tertiary/aromatic N) is 1. The van der Waals surface area contributed by atoms with Crippen molar-refractivity contribution in [1.82, 2.24) is 4.90 Å². The van der Waals surface area contributed by atoms with E-state index in [1.807, 2.05) is 39.0 Å². The number of carbonyl (C=O) groups is 1.